The number of thiazole rings is 1. The van der Waals surface area contributed by atoms with Crippen molar-refractivity contribution in [3.8, 4) is 17.2 Å². The van der Waals surface area contributed by atoms with Crippen molar-refractivity contribution in [2.24, 2.45) is 0 Å². The van der Waals surface area contributed by atoms with Gasteiger partial charge in [0.25, 0.3) is 11.8 Å². The molecule has 3 N–H and O–H groups in total. The highest BCUT2D eigenvalue weighted by Crippen LogP contribution is 2.34. The summed E-state index contributed by atoms with van der Waals surface area (Å²) in [5.41, 5.74) is -0.321. The minimum absolute atomic E-state index is 0.0175. The summed E-state index contributed by atoms with van der Waals surface area (Å²) in [6.45, 7) is 1.67. The molecule has 2 aromatic rings. The number of nitrogens with zero attached hydrogens (tertiary/aromatic N) is 2. The molecule has 0 bridgehead atoms. The SMILES string of the molecule is [2H]C([2H])(NC(=O)c1csc(NC(=O)c2cc(OC)c(OC)cc2O)n1)C([2H])([2H])N(C(C)C)C(C)C. The van der Waals surface area contributed by atoms with Gasteiger partial charge in [-0.3, -0.25) is 19.8 Å². The minimum Gasteiger partial charge on any atom is -0.507 e. The summed E-state index contributed by atoms with van der Waals surface area (Å²) >= 11 is 0.906. The third-order valence-corrected chi connectivity index (χ3v) is 4.94. The zero-order valence-electron chi connectivity index (χ0n) is 22.3. The van der Waals surface area contributed by atoms with E-state index in [-0.39, 0.29) is 45.7 Å². The second-order valence-corrected chi connectivity index (χ2v) is 7.86. The summed E-state index contributed by atoms with van der Waals surface area (Å²) in [7, 11) is 2.77. The number of aromatic nitrogens is 1. The molecule has 0 radical (unpaired) electrons. The smallest absolute Gasteiger partial charge is 0.270 e. The lowest BCUT2D eigenvalue weighted by molar-refractivity contribution is 0.0934. The van der Waals surface area contributed by atoms with Gasteiger partial charge in [-0.05, 0) is 27.7 Å². The zero-order valence-corrected chi connectivity index (χ0v) is 19.1. The van der Waals surface area contributed by atoms with Crippen molar-refractivity contribution < 1.29 is 29.7 Å². The molecule has 0 aliphatic carbocycles. The van der Waals surface area contributed by atoms with Gasteiger partial charge in [0.05, 0.1) is 22.5 Å². The van der Waals surface area contributed by atoms with Crippen molar-refractivity contribution in [3.05, 3.63) is 28.8 Å². The van der Waals surface area contributed by atoms with Crippen LogP contribution in [-0.2, 0) is 0 Å². The molecule has 0 fully saturated rings. The van der Waals surface area contributed by atoms with E-state index in [0.29, 0.717) is 0 Å². The Balaban J connectivity index is 2.19. The van der Waals surface area contributed by atoms with Crippen molar-refractivity contribution >= 4 is 28.3 Å². The van der Waals surface area contributed by atoms with E-state index >= 15 is 0 Å². The molecule has 31 heavy (non-hydrogen) atoms. The Labute approximate surface area is 192 Å². The van der Waals surface area contributed by atoms with Crippen LogP contribution in [0.1, 0.15) is 54.0 Å². The molecule has 1 heterocycles. The van der Waals surface area contributed by atoms with Gasteiger partial charge in [0, 0.05) is 45.3 Å². The average Bonchev–Trinajstić information content (AvgIpc) is 3.20. The molecule has 1 aromatic carbocycles. The molecule has 0 unspecified atom stereocenters. The molecule has 10 heteroatoms. The number of ether oxygens (including phenoxy) is 2. The normalized spacial score (nSPS) is 14.0. The predicted molar refractivity (Wildman–Crippen MR) is 121 cm³/mol. The maximum Gasteiger partial charge on any atom is 0.270 e. The average molecular weight is 455 g/mol. The number of aromatic hydroxyl groups is 1. The van der Waals surface area contributed by atoms with Crippen LogP contribution < -0.4 is 20.1 Å². The number of hydrogen-bond acceptors (Lipinski definition) is 8. The zero-order chi connectivity index (χ0) is 26.7. The van der Waals surface area contributed by atoms with Crippen LogP contribution in [0.2, 0.25) is 0 Å². The van der Waals surface area contributed by atoms with E-state index in [1.165, 1.54) is 36.6 Å². The summed E-state index contributed by atoms with van der Waals surface area (Å²) in [5.74, 6) is -1.57. The monoisotopic (exact) mass is 454 g/mol. The van der Waals surface area contributed by atoms with E-state index < -0.39 is 24.8 Å². The van der Waals surface area contributed by atoms with Crippen LogP contribution in [0.4, 0.5) is 5.13 Å². The summed E-state index contributed by atoms with van der Waals surface area (Å²) in [6, 6.07) is 1.86. The first kappa shape index (κ1) is 18.9. The molecule has 9 nitrogen and oxygen atoms in total. The fourth-order valence-electron chi connectivity index (χ4n) is 2.72. The van der Waals surface area contributed by atoms with E-state index in [2.05, 4.69) is 15.6 Å². The van der Waals surface area contributed by atoms with Crippen LogP contribution in [0.25, 0.3) is 0 Å². The molecule has 0 saturated carbocycles. The third kappa shape index (κ3) is 6.31. The van der Waals surface area contributed by atoms with Crippen LogP contribution in [0, 0.1) is 0 Å². The van der Waals surface area contributed by atoms with Crippen LogP contribution in [-0.4, -0.2) is 66.1 Å². The molecule has 2 rings (SSSR count). The number of carbonyl (C=O) groups is 2. The number of methoxy groups -OCH3 is 2. The lowest BCUT2D eigenvalue weighted by Crippen LogP contribution is -2.42. The van der Waals surface area contributed by atoms with E-state index in [9.17, 15) is 14.7 Å². The molecular weight excluding hydrogens is 420 g/mol. The molecular formula is C21H30N4O5S. The Bertz CT molecular complexity index is 1070. The predicted octanol–water partition coefficient (Wildman–Crippen LogP) is 2.97. The molecule has 0 aliphatic rings. The highest BCUT2D eigenvalue weighted by atomic mass is 32.1. The fourth-order valence-corrected chi connectivity index (χ4v) is 3.40. The molecule has 170 valence electrons. The summed E-state index contributed by atoms with van der Waals surface area (Å²) in [5, 5.41) is 16.0. The number of phenols is 1. The maximum atomic E-state index is 12.7. The van der Waals surface area contributed by atoms with Gasteiger partial charge in [-0.1, -0.05) is 0 Å². The Morgan fingerprint density at radius 2 is 1.77 bits per heavy atom. The van der Waals surface area contributed by atoms with Crippen LogP contribution in [0.3, 0.4) is 0 Å². The molecule has 0 atom stereocenters. The minimum atomic E-state index is -2.75. The molecule has 2 amide bonds. The molecule has 0 aliphatic heterocycles. The van der Waals surface area contributed by atoms with Gasteiger partial charge in [0.15, 0.2) is 16.6 Å². The number of benzene rings is 1. The molecule has 0 spiro atoms. The first-order valence-electron chi connectivity index (χ1n) is 11.5. The first-order chi connectivity index (χ1) is 16.2. The molecule has 0 saturated heterocycles. The van der Waals surface area contributed by atoms with Gasteiger partial charge >= 0.3 is 0 Å². The Hall–Kier alpha value is -2.85. The number of phenolic OH excluding ortho intramolecular Hbond substituents is 1. The van der Waals surface area contributed by atoms with Gasteiger partial charge in [0.1, 0.15) is 11.4 Å². The van der Waals surface area contributed by atoms with E-state index in [0.717, 1.165) is 11.3 Å². The third-order valence-electron chi connectivity index (χ3n) is 4.18. The van der Waals surface area contributed by atoms with Gasteiger partial charge < -0.3 is 19.9 Å². The highest BCUT2D eigenvalue weighted by Gasteiger charge is 2.19. The van der Waals surface area contributed by atoms with Gasteiger partial charge in [-0.15, -0.1) is 11.3 Å². The second-order valence-electron chi connectivity index (χ2n) is 7.00. The van der Waals surface area contributed by atoms with Gasteiger partial charge in [-0.25, -0.2) is 4.98 Å². The highest BCUT2D eigenvalue weighted by molar-refractivity contribution is 7.14. The number of amides is 2. The summed E-state index contributed by atoms with van der Waals surface area (Å²) in [4.78, 5) is 30.6. The van der Waals surface area contributed by atoms with E-state index in [1.54, 1.807) is 27.7 Å². The number of hydrogen-bond donors (Lipinski definition) is 3. The number of anilines is 1. The summed E-state index contributed by atoms with van der Waals surface area (Å²) in [6.07, 6.45) is 0. The van der Waals surface area contributed by atoms with Gasteiger partial charge in [0.2, 0.25) is 0 Å². The van der Waals surface area contributed by atoms with Crippen LogP contribution >= 0.6 is 11.3 Å². The standard InChI is InChI=1S/C21H30N4O5S/c1-12(2)25(13(3)4)8-7-22-20(28)15-11-31-21(23-15)24-19(27)14-9-17(29-5)18(30-6)10-16(14)26/h9-13,26H,7-8H2,1-6H3,(H,22,28)(H,23,24,27)/i7D2,8D2. The second kappa shape index (κ2) is 11.0. The molecule has 1 aromatic heterocycles. The van der Waals surface area contributed by atoms with Crippen molar-refractivity contribution in [1.82, 2.24) is 15.2 Å². The Morgan fingerprint density at radius 1 is 1.16 bits per heavy atom. The van der Waals surface area contributed by atoms with Crippen molar-refractivity contribution in [2.75, 3.05) is 32.5 Å². The maximum absolute atomic E-state index is 12.7. The fraction of sp³-hybridized carbons (Fsp3) is 0.476. The van der Waals surface area contributed by atoms with E-state index in [4.69, 9.17) is 15.0 Å². The quantitative estimate of drug-likeness (QED) is 0.506. The lowest BCUT2D eigenvalue weighted by Gasteiger charge is -2.30. The largest absolute Gasteiger partial charge is 0.507 e. The van der Waals surface area contributed by atoms with Crippen LogP contribution in [0.15, 0.2) is 17.5 Å². The van der Waals surface area contributed by atoms with Crippen LogP contribution in [0.5, 0.6) is 17.2 Å². The number of rotatable bonds is 10. The first-order valence-corrected chi connectivity index (χ1v) is 10.4. The van der Waals surface area contributed by atoms with Crippen molar-refractivity contribution in [2.45, 2.75) is 39.8 Å². The number of carbonyl (C=O) groups excluding carboxylic acids is 2. The van der Waals surface area contributed by atoms with Gasteiger partial charge in [-0.2, -0.15) is 0 Å². The Morgan fingerprint density at radius 3 is 2.35 bits per heavy atom. The number of nitrogens with one attached hydrogen (secondary N) is 2. The Kier molecular flexibility index (Phi) is 6.68. The van der Waals surface area contributed by atoms with Crippen molar-refractivity contribution in [1.29, 1.82) is 0 Å². The van der Waals surface area contributed by atoms with E-state index in [1.807, 2.05) is 0 Å². The topological polar surface area (TPSA) is 113 Å². The summed E-state index contributed by atoms with van der Waals surface area (Å²) < 4.78 is 43.4. The lowest BCUT2D eigenvalue weighted by atomic mass is 10.1. The van der Waals surface area contributed by atoms with Crippen molar-refractivity contribution in [3.63, 3.8) is 0 Å².